The molecule has 0 N–H and O–H groups in total. The molecule has 0 saturated carbocycles. The smallest absolute Gasteiger partial charge is 0.323 e. The molecule has 0 radical (unpaired) electrons. The average molecular weight is 299 g/mol. The number of nitrogens with zero attached hydrogens (tertiary/aromatic N) is 1. The van der Waals surface area contributed by atoms with Crippen LogP contribution in [0.3, 0.4) is 0 Å². The quantitative estimate of drug-likeness (QED) is 0.799. The predicted molar refractivity (Wildman–Crippen MR) is 84.1 cm³/mol. The van der Waals surface area contributed by atoms with Crippen LogP contribution in [0.25, 0.3) is 5.57 Å². The van der Waals surface area contributed by atoms with Gasteiger partial charge in [-0.05, 0) is 19.4 Å². The predicted octanol–water partition coefficient (Wildman–Crippen LogP) is 2.15. The molecule has 0 amide bonds. The second-order valence-corrected chi connectivity index (χ2v) is 5.96. The lowest BCUT2D eigenvalue weighted by Gasteiger charge is -2.22. The maximum Gasteiger partial charge on any atom is 0.323 e. The number of rotatable bonds is 4. The minimum absolute atomic E-state index is 0.0212. The molecule has 0 aromatic heterocycles. The number of ketones is 1. The number of benzene rings is 1. The number of allylic oxidation sites excluding steroid dienone is 1. The summed E-state index contributed by atoms with van der Waals surface area (Å²) in [6.45, 7) is 5.43. The zero-order chi connectivity index (χ0) is 15.7. The maximum absolute atomic E-state index is 12.6. The Bertz CT molecular complexity index is 608. The van der Waals surface area contributed by atoms with Gasteiger partial charge in [-0.3, -0.25) is 14.5 Å². The Morgan fingerprint density at radius 3 is 2.68 bits per heavy atom. The van der Waals surface area contributed by atoms with Crippen LogP contribution in [-0.2, 0) is 14.3 Å². The number of carbonyl (C=O) groups is 2. The summed E-state index contributed by atoms with van der Waals surface area (Å²) in [7, 11) is 0. The van der Waals surface area contributed by atoms with E-state index in [0.717, 1.165) is 17.7 Å². The van der Waals surface area contributed by atoms with Gasteiger partial charge in [0.15, 0.2) is 5.78 Å². The molecule has 0 spiro atoms. The Balaban J connectivity index is 1.73. The summed E-state index contributed by atoms with van der Waals surface area (Å²) in [5.41, 5.74) is 1.82. The zero-order valence-corrected chi connectivity index (χ0v) is 13.0. The van der Waals surface area contributed by atoms with E-state index in [9.17, 15) is 9.59 Å². The van der Waals surface area contributed by atoms with Gasteiger partial charge in [-0.15, -0.1) is 0 Å². The molecule has 3 rings (SSSR count). The molecule has 1 aliphatic carbocycles. The molecule has 1 heterocycles. The fourth-order valence-corrected chi connectivity index (χ4v) is 3.39. The molecule has 2 aliphatic rings. The summed E-state index contributed by atoms with van der Waals surface area (Å²) >= 11 is 0. The number of hydrogen-bond acceptors (Lipinski definition) is 4. The Labute approximate surface area is 130 Å². The van der Waals surface area contributed by atoms with Crippen LogP contribution in [-0.4, -0.2) is 42.4 Å². The minimum atomic E-state index is -0.285. The van der Waals surface area contributed by atoms with Crippen molar-refractivity contribution in [3.8, 4) is 0 Å². The monoisotopic (exact) mass is 299 g/mol. The van der Waals surface area contributed by atoms with Gasteiger partial charge in [-0.25, -0.2) is 0 Å². The first-order valence-electron chi connectivity index (χ1n) is 7.84. The van der Waals surface area contributed by atoms with Crippen molar-refractivity contribution in [3.63, 3.8) is 0 Å². The number of likely N-dealkylation sites (tertiary alicyclic amines) is 1. The van der Waals surface area contributed by atoms with Crippen molar-refractivity contribution in [1.82, 2.24) is 4.90 Å². The molecule has 3 atom stereocenters. The van der Waals surface area contributed by atoms with Gasteiger partial charge in [0.1, 0.15) is 6.04 Å². The molecule has 0 bridgehead atoms. The van der Waals surface area contributed by atoms with Crippen LogP contribution in [0.5, 0.6) is 0 Å². The van der Waals surface area contributed by atoms with Crippen LogP contribution in [0.2, 0.25) is 0 Å². The fourth-order valence-electron chi connectivity index (χ4n) is 3.39. The number of esters is 1. The van der Waals surface area contributed by atoms with E-state index in [1.165, 1.54) is 0 Å². The van der Waals surface area contributed by atoms with Crippen LogP contribution >= 0.6 is 0 Å². The highest BCUT2D eigenvalue weighted by atomic mass is 16.5. The van der Waals surface area contributed by atoms with Crippen LogP contribution in [0.15, 0.2) is 36.4 Å². The summed E-state index contributed by atoms with van der Waals surface area (Å²) in [5, 5.41) is 0. The van der Waals surface area contributed by atoms with Gasteiger partial charge in [-0.2, -0.15) is 0 Å². The Hall–Kier alpha value is -1.94. The standard InChI is InChI=1S/C18H21NO3/c1-3-22-18(21)12(2)19-10-14-9-15(17(20)16(14)11-19)13-7-5-4-6-8-13/h4-9,12,14,16H,3,10-11H2,1-2H3/t12-,14-,16+/m1/s1. The van der Waals surface area contributed by atoms with Crippen molar-refractivity contribution in [3.05, 3.63) is 42.0 Å². The van der Waals surface area contributed by atoms with E-state index in [1.807, 2.05) is 44.2 Å². The molecule has 1 fully saturated rings. The maximum atomic E-state index is 12.6. The van der Waals surface area contributed by atoms with E-state index in [1.54, 1.807) is 0 Å². The molecule has 4 nitrogen and oxygen atoms in total. The van der Waals surface area contributed by atoms with Crippen molar-refractivity contribution in [2.24, 2.45) is 11.8 Å². The highest BCUT2D eigenvalue weighted by Gasteiger charge is 2.44. The van der Waals surface area contributed by atoms with Gasteiger partial charge in [0.2, 0.25) is 0 Å². The van der Waals surface area contributed by atoms with Gasteiger partial charge in [0.25, 0.3) is 0 Å². The van der Waals surface area contributed by atoms with Gasteiger partial charge in [-0.1, -0.05) is 36.4 Å². The Kier molecular flexibility index (Phi) is 4.12. The third-order valence-corrected chi connectivity index (χ3v) is 4.64. The van der Waals surface area contributed by atoms with Crippen molar-refractivity contribution in [2.45, 2.75) is 19.9 Å². The summed E-state index contributed by atoms with van der Waals surface area (Å²) in [6, 6.07) is 9.52. The van der Waals surface area contributed by atoms with Crippen LogP contribution in [0.1, 0.15) is 19.4 Å². The number of Topliss-reactive ketones (excluding diaryl/α,β-unsaturated/α-hetero) is 1. The fraction of sp³-hybridized carbons (Fsp3) is 0.444. The van der Waals surface area contributed by atoms with Gasteiger partial charge in [0, 0.05) is 30.5 Å². The largest absolute Gasteiger partial charge is 0.465 e. The van der Waals surface area contributed by atoms with Crippen LogP contribution in [0.4, 0.5) is 0 Å². The number of fused-ring (bicyclic) bond motifs is 1. The normalized spacial score (nSPS) is 25.7. The van der Waals surface area contributed by atoms with Crippen molar-refractivity contribution >= 4 is 17.3 Å². The van der Waals surface area contributed by atoms with Crippen LogP contribution in [0, 0.1) is 11.8 Å². The zero-order valence-electron chi connectivity index (χ0n) is 13.0. The second kappa shape index (κ2) is 6.05. The topological polar surface area (TPSA) is 46.6 Å². The van der Waals surface area contributed by atoms with E-state index >= 15 is 0 Å². The number of ether oxygens (including phenoxy) is 1. The van der Waals surface area contributed by atoms with Crippen LogP contribution < -0.4 is 0 Å². The number of carbonyl (C=O) groups excluding carboxylic acids is 2. The molecular weight excluding hydrogens is 278 g/mol. The molecule has 4 heteroatoms. The Morgan fingerprint density at radius 2 is 2.05 bits per heavy atom. The number of hydrogen-bond donors (Lipinski definition) is 0. The first-order chi connectivity index (χ1) is 10.6. The summed E-state index contributed by atoms with van der Waals surface area (Å²) in [4.78, 5) is 26.6. The van der Waals surface area contributed by atoms with Crippen molar-refractivity contribution in [1.29, 1.82) is 0 Å². The average Bonchev–Trinajstić information content (AvgIpc) is 3.07. The van der Waals surface area contributed by atoms with E-state index in [2.05, 4.69) is 11.0 Å². The van der Waals surface area contributed by atoms with Crippen molar-refractivity contribution in [2.75, 3.05) is 19.7 Å². The molecular formula is C18H21NO3. The van der Waals surface area contributed by atoms with Gasteiger partial charge < -0.3 is 4.74 Å². The molecule has 1 aromatic carbocycles. The molecule has 1 aromatic rings. The van der Waals surface area contributed by atoms with Gasteiger partial charge >= 0.3 is 5.97 Å². The lowest BCUT2D eigenvalue weighted by molar-refractivity contribution is -0.148. The van der Waals surface area contributed by atoms with E-state index in [0.29, 0.717) is 13.2 Å². The van der Waals surface area contributed by atoms with Gasteiger partial charge in [0.05, 0.1) is 6.61 Å². The highest BCUT2D eigenvalue weighted by Crippen LogP contribution is 2.38. The third-order valence-electron chi connectivity index (χ3n) is 4.64. The summed E-state index contributed by atoms with van der Waals surface area (Å²) in [5.74, 6) is 0.184. The van der Waals surface area contributed by atoms with E-state index < -0.39 is 0 Å². The first-order valence-corrected chi connectivity index (χ1v) is 7.84. The molecule has 116 valence electrons. The summed E-state index contributed by atoms with van der Waals surface area (Å²) in [6.07, 6.45) is 2.08. The first kappa shape index (κ1) is 15.0. The van der Waals surface area contributed by atoms with E-state index in [4.69, 9.17) is 4.74 Å². The lowest BCUT2D eigenvalue weighted by Crippen LogP contribution is -2.39. The molecule has 1 aliphatic heterocycles. The Morgan fingerprint density at radius 1 is 1.32 bits per heavy atom. The molecule has 22 heavy (non-hydrogen) atoms. The minimum Gasteiger partial charge on any atom is -0.465 e. The lowest BCUT2D eigenvalue weighted by atomic mass is 9.97. The summed E-state index contributed by atoms with van der Waals surface area (Å²) < 4.78 is 5.07. The highest BCUT2D eigenvalue weighted by molar-refractivity contribution is 6.24. The van der Waals surface area contributed by atoms with Crippen molar-refractivity contribution < 1.29 is 14.3 Å². The molecule has 0 unspecified atom stereocenters. The SMILES string of the molecule is CCOC(=O)[C@@H](C)N1C[C@H]2C=C(c3ccccc3)C(=O)[C@H]2C1. The third kappa shape index (κ3) is 2.59. The second-order valence-electron chi connectivity index (χ2n) is 5.96. The van der Waals surface area contributed by atoms with E-state index in [-0.39, 0.29) is 29.6 Å². The molecule has 1 saturated heterocycles.